The quantitative estimate of drug-likeness (QED) is 0.872. The zero-order chi connectivity index (χ0) is 13.8. The highest BCUT2D eigenvalue weighted by atomic mass is 19.4. The first kappa shape index (κ1) is 14.8. The lowest BCUT2D eigenvalue weighted by atomic mass is 10.0. The third-order valence-electron chi connectivity index (χ3n) is 2.79. The van der Waals surface area contributed by atoms with Crippen molar-refractivity contribution in [1.82, 2.24) is 5.32 Å². The molecule has 0 fully saturated rings. The number of hydrogen-bond acceptors (Lipinski definition) is 2. The van der Waals surface area contributed by atoms with Gasteiger partial charge in [-0.3, -0.25) is 0 Å². The summed E-state index contributed by atoms with van der Waals surface area (Å²) in [5.41, 5.74) is 0.923. The normalized spacial score (nSPS) is 15.2. The first-order chi connectivity index (χ1) is 8.38. The van der Waals surface area contributed by atoms with Gasteiger partial charge in [0.2, 0.25) is 0 Å². The third-order valence-corrected chi connectivity index (χ3v) is 2.79. The van der Waals surface area contributed by atoms with E-state index in [4.69, 9.17) is 4.74 Å². The van der Waals surface area contributed by atoms with Crippen LogP contribution in [0.25, 0.3) is 0 Å². The summed E-state index contributed by atoms with van der Waals surface area (Å²) in [5.74, 6) is 0.242. The molecule has 0 heterocycles. The molecule has 0 aliphatic carbocycles. The standard InChI is InChI=1S/C13H18F3NO/c1-4-12(17-3)10-6-5-7-11(8-10)18-9(2)13(14,15)16/h5-9,12,17H,4H2,1-3H3. The van der Waals surface area contributed by atoms with Crippen LogP contribution in [-0.4, -0.2) is 19.3 Å². The van der Waals surface area contributed by atoms with Gasteiger partial charge in [-0.25, -0.2) is 0 Å². The summed E-state index contributed by atoms with van der Waals surface area (Å²) < 4.78 is 42.1. The second kappa shape index (κ2) is 6.09. The summed E-state index contributed by atoms with van der Waals surface area (Å²) in [6, 6.07) is 6.87. The summed E-state index contributed by atoms with van der Waals surface area (Å²) in [5, 5.41) is 3.10. The van der Waals surface area contributed by atoms with Gasteiger partial charge in [-0.05, 0) is 38.1 Å². The number of benzene rings is 1. The maximum Gasteiger partial charge on any atom is 0.425 e. The Morgan fingerprint density at radius 3 is 2.50 bits per heavy atom. The zero-order valence-electron chi connectivity index (χ0n) is 10.7. The van der Waals surface area contributed by atoms with Crippen molar-refractivity contribution in [2.75, 3.05) is 7.05 Å². The molecule has 0 spiro atoms. The van der Waals surface area contributed by atoms with E-state index in [0.29, 0.717) is 0 Å². The first-order valence-electron chi connectivity index (χ1n) is 5.89. The second-order valence-corrected chi connectivity index (χ2v) is 4.12. The molecule has 2 unspecified atom stereocenters. The van der Waals surface area contributed by atoms with Gasteiger partial charge in [0.25, 0.3) is 0 Å². The summed E-state index contributed by atoms with van der Waals surface area (Å²) in [6.07, 6.45) is -5.29. The predicted molar refractivity (Wildman–Crippen MR) is 64.7 cm³/mol. The van der Waals surface area contributed by atoms with Gasteiger partial charge in [0.1, 0.15) is 5.75 Å². The van der Waals surface area contributed by atoms with Crippen molar-refractivity contribution < 1.29 is 17.9 Å². The Hall–Kier alpha value is -1.23. The Labute approximate surface area is 105 Å². The van der Waals surface area contributed by atoms with Gasteiger partial charge in [0.05, 0.1) is 0 Å². The van der Waals surface area contributed by atoms with Gasteiger partial charge in [-0.1, -0.05) is 19.1 Å². The molecule has 1 aromatic rings. The van der Waals surface area contributed by atoms with Crippen LogP contribution >= 0.6 is 0 Å². The van der Waals surface area contributed by atoms with E-state index < -0.39 is 12.3 Å². The smallest absolute Gasteiger partial charge is 0.425 e. The van der Waals surface area contributed by atoms with Crippen molar-refractivity contribution in [3.63, 3.8) is 0 Å². The minimum atomic E-state index is -4.34. The lowest BCUT2D eigenvalue weighted by molar-refractivity contribution is -0.189. The van der Waals surface area contributed by atoms with Crippen LogP contribution in [0.1, 0.15) is 31.9 Å². The molecule has 5 heteroatoms. The molecule has 0 aliphatic heterocycles. The summed E-state index contributed by atoms with van der Waals surface area (Å²) in [4.78, 5) is 0. The molecule has 0 amide bonds. The molecule has 0 radical (unpaired) electrons. The van der Waals surface area contributed by atoms with Gasteiger partial charge in [-0.15, -0.1) is 0 Å². The van der Waals surface area contributed by atoms with E-state index in [1.165, 1.54) is 6.07 Å². The molecule has 0 aliphatic rings. The Morgan fingerprint density at radius 2 is 2.00 bits per heavy atom. The molecule has 0 bridgehead atoms. The Balaban J connectivity index is 2.82. The number of ether oxygens (including phenoxy) is 1. The molecule has 2 atom stereocenters. The zero-order valence-corrected chi connectivity index (χ0v) is 10.7. The lowest BCUT2D eigenvalue weighted by Gasteiger charge is -2.19. The van der Waals surface area contributed by atoms with Gasteiger partial charge in [0, 0.05) is 6.04 Å². The molecule has 18 heavy (non-hydrogen) atoms. The minimum Gasteiger partial charge on any atom is -0.481 e. The van der Waals surface area contributed by atoms with E-state index in [1.807, 2.05) is 20.0 Å². The molecule has 1 aromatic carbocycles. The molecule has 1 N–H and O–H groups in total. The van der Waals surface area contributed by atoms with E-state index in [0.717, 1.165) is 18.9 Å². The van der Waals surface area contributed by atoms with Crippen LogP contribution < -0.4 is 10.1 Å². The Kier molecular flexibility index (Phi) is 5.02. The lowest BCUT2D eigenvalue weighted by Crippen LogP contribution is -2.31. The SMILES string of the molecule is CCC(NC)c1cccc(OC(C)C(F)(F)F)c1. The van der Waals surface area contributed by atoms with Crippen molar-refractivity contribution >= 4 is 0 Å². The highest BCUT2D eigenvalue weighted by Gasteiger charge is 2.38. The fourth-order valence-electron chi connectivity index (χ4n) is 1.68. The number of alkyl halides is 3. The van der Waals surface area contributed by atoms with Crippen molar-refractivity contribution in [1.29, 1.82) is 0 Å². The highest BCUT2D eigenvalue weighted by molar-refractivity contribution is 5.30. The average molecular weight is 261 g/mol. The number of rotatable bonds is 5. The van der Waals surface area contributed by atoms with Gasteiger partial charge in [-0.2, -0.15) is 13.2 Å². The third kappa shape index (κ3) is 3.91. The van der Waals surface area contributed by atoms with Crippen LogP contribution in [0.5, 0.6) is 5.75 Å². The van der Waals surface area contributed by atoms with E-state index in [1.54, 1.807) is 12.1 Å². The van der Waals surface area contributed by atoms with E-state index in [2.05, 4.69) is 5.32 Å². The van der Waals surface area contributed by atoms with Crippen LogP contribution in [0.2, 0.25) is 0 Å². The molecule has 0 saturated heterocycles. The van der Waals surface area contributed by atoms with Crippen LogP contribution in [0, 0.1) is 0 Å². The molecular formula is C13H18F3NO. The maximum atomic E-state index is 12.4. The highest BCUT2D eigenvalue weighted by Crippen LogP contribution is 2.27. The first-order valence-corrected chi connectivity index (χ1v) is 5.89. The largest absolute Gasteiger partial charge is 0.481 e. The second-order valence-electron chi connectivity index (χ2n) is 4.12. The summed E-state index contributed by atoms with van der Waals surface area (Å²) in [6.45, 7) is 3.01. The predicted octanol–water partition coefficient (Wildman–Crippen LogP) is 3.69. The molecule has 0 aromatic heterocycles. The number of nitrogens with one attached hydrogen (secondary N) is 1. The molecule has 2 nitrogen and oxygen atoms in total. The van der Waals surface area contributed by atoms with E-state index in [-0.39, 0.29) is 11.8 Å². The average Bonchev–Trinajstić information content (AvgIpc) is 2.30. The molecule has 0 saturated carbocycles. The maximum absolute atomic E-state index is 12.4. The Morgan fingerprint density at radius 1 is 1.33 bits per heavy atom. The number of halogens is 3. The van der Waals surface area contributed by atoms with Crippen LogP contribution in [0.3, 0.4) is 0 Å². The van der Waals surface area contributed by atoms with Gasteiger partial charge < -0.3 is 10.1 Å². The van der Waals surface area contributed by atoms with Crippen LogP contribution in [0.4, 0.5) is 13.2 Å². The van der Waals surface area contributed by atoms with Gasteiger partial charge >= 0.3 is 6.18 Å². The van der Waals surface area contributed by atoms with E-state index >= 15 is 0 Å². The fraction of sp³-hybridized carbons (Fsp3) is 0.538. The minimum absolute atomic E-state index is 0.120. The van der Waals surface area contributed by atoms with Crippen molar-refractivity contribution in [2.24, 2.45) is 0 Å². The monoisotopic (exact) mass is 261 g/mol. The summed E-state index contributed by atoms with van der Waals surface area (Å²) >= 11 is 0. The van der Waals surface area contributed by atoms with Crippen molar-refractivity contribution in [3.05, 3.63) is 29.8 Å². The topological polar surface area (TPSA) is 21.3 Å². The Bertz CT molecular complexity index is 375. The van der Waals surface area contributed by atoms with Crippen LogP contribution in [-0.2, 0) is 0 Å². The fourth-order valence-corrected chi connectivity index (χ4v) is 1.68. The molecular weight excluding hydrogens is 243 g/mol. The van der Waals surface area contributed by atoms with Crippen molar-refractivity contribution in [3.8, 4) is 5.75 Å². The summed E-state index contributed by atoms with van der Waals surface area (Å²) in [7, 11) is 1.82. The van der Waals surface area contributed by atoms with E-state index in [9.17, 15) is 13.2 Å². The van der Waals surface area contributed by atoms with Crippen LogP contribution in [0.15, 0.2) is 24.3 Å². The van der Waals surface area contributed by atoms with Crippen molar-refractivity contribution in [2.45, 2.75) is 38.6 Å². The molecule has 1 rings (SSSR count). The van der Waals surface area contributed by atoms with Gasteiger partial charge in [0.15, 0.2) is 6.10 Å². The molecule has 102 valence electrons. The number of hydrogen-bond donors (Lipinski definition) is 1.